The predicted molar refractivity (Wildman–Crippen MR) is 148 cm³/mol. The van der Waals surface area contributed by atoms with Crippen molar-refractivity contribution in [3.63, 3.8) is 0 Å². The molecule has 1 aliphatic rings. The van der Waals surface area contributed by atoms with Crippen molar-refractivity contribution in [1.29, 1.82) is 0 Å². The number of nitrogens with zero attached hydrogens (tertiary/aromatic N) is 4. The highest BCUT2D eigenvalue weighted by Gasteiger charge is 2.42. The van der Waals surface area contributed by atoms with Gasteiger partial charge in [0.05, 0.1) is 35.5 Å². The van der Waals surface area contributed by atoms with Crippen LogP contribution >= 0.6 is 23.8 Å². The lowest BCUT2D eigenvalue weighted by Crippen LogP contribution is -2.29. The third-order valence-electron chi connectivity index (χ3n) is 6.61. The minimum Gasteiger partial charge on any atom is -0.495 e. The van der Waals surface area contributed by atoms with Crippen LogP contribution in [-0.2, 0) is 0 Å². The number of methoxy groups -OCH3 is 1. The molecule has 37 heavy (non-hydrogen) atoms. The Bertz CT molecular complexity index is 1490. The molecule has 3 heterocycles. The van der Waals surface area contributed by atoms with Gasteiger partial charge in [0, 0.05) is 40.4 Å². The summed E-state index contributed by atoms with van der Waals surface area (Å²) in [7, 11) is 1.55. The van der Waals surface area contributed by atoms with Crippen LogP contribution in [0.1, 0.15) is 34.7 Å². The van der Waals surface area contributed by atoms with Gasteiger partial charge < -0.3 is 19.5 Å². The summed E-state index contributed by atoms with van der Waals surface area (Å²) in [5, 5.41) is 16.2. The zero-order valence-corrected chi connectivity index (χ0v) is 22.0. The standard InChI is InChI=1S/C27H24ClN5O3S/c1-16-14-21(17(2)31(16)23-15-20(33(34)35)11-12-24(23)36-3)26-25(22-6-4-5-13-29-22)30-27(37)32(26)19-9-7-18(28)8-10-19/h4-15,25-26H,1-3H3,(H,30,37)/t25-,26+/m1/s1. The molecule has 0 aliphatic carbocycles. The first-order valence-electron chi connectivity index (χ1n) is 11.6. The molecule has 1 saturated heterocycles. The largest absolute Gasteiger partial charge is 0.495 e. The van der Waals surface area contributed by atoms with Crippen LogP contribution in [0.4, 0.5) is 11.4 Å². The second kappa shape index (κ2) is 9.84. The van der Waals surface area contributed by atoms with Gasteiger partial charge >= 0.3 is 0 Å². The Kier molecular flexibility index (Phi) is 6.57. The number of aromatic nitrogens is 2. The quantitative estimate of drug-likeness (QED) is 0.178. The Labute approximate surface area is 224 Å². The number of benzene rings is 2. The number of nitro groups is 1. The van der Waals surface area contributed by atoms with Crippen LogP contribution in [0.3, 0.4) is 0 Å². The fourth-order valence-electron chi connectivity index (χ4n) is 4.98. The van der Waals surface area contributed by atoms with E-state index in [0.29, 0.717) is 21.6 Å². The Hall–Kier alpha value is -3.95. The fourth-order valence-corrected chi connectivity index (χ4v) is 5.45. The third-order valence-corrected chi connectivity index (χ3v) is 7.17. The van der Waals surface area contributed by atoms with Gasteiger partial charge in [-0.2, -0.15) is 0 Å². The third kappa shape index (κ3) is 4.41. The summed E-state index contributed by atoms with van der Waals surface area (Å²) in [6, 6.07) is 19.6. The normalized spacial score (nSPS) is 17.1. The smallest absolute Gasteiger partial charge is 0.271 e. The summed E-state index contributed by atoms with van der Waals surface area (Å²) in [5.74, 6) is 0.537. The van der Waals surface area contributed by atoms with Crippen LogP contribution in [0.2, 0.25) is 5.02 Å². The molecule has 188 valence electrons. The summed E-state index contributed by atoms with van der Waals surface area (Å²) < 4.78 is 7.56. The maximum atomic E-state index is 11.5. The zero-order valence-electron chi connectivity index (χ0n) is 20.4. The average molecular weight is 534 g/mol. The lowest BCUT2D eigenvalue weighted by Gasteiger charge is -2.28. The van der Waals surface area contributed by atoms with Gasteiger partial charge in [-0.05, 0) is 80.2 Å². The van der Waals surface area contributed by atoms with Crippen LogP contribution in [0.25, 0.3) is 5.69 Å². The van der Waals surface area contributed by atoms with Crippen molar-refractivity contribution in [2.24, 2.45) is 0 Å². The van der Waals surface area contributed by atoms with Gasteiger partial charge in [0.1, 0.15) is 5.75 Å². The highest BCUT2D eigenvalue weighted by molar-refractivity contribution is 7.80. The van der Waals surface area contributed by atoms with E-state index in [0.717, 1.165) is 28.3 Å². The second-order valence-corrected chi connectivity index (χ2v) is 9.57. The van der Waals surface area contributed by atoms with E-state index in [1.54, 1.807) is 19.4 Å². The number of non-ortho nitro benzene ring substituents is 1. The van der Waals surface area contributed by atoms with Crippen molar-refractivity contribution in [3.05, 3.63) is 111 Å². The number of rotatable bonds is 6. The van der Waals surface area contributed by atoms with E-state index in [4.69, 9.17) is 28.6 Å². The molecular formula is C27H24ClN5O3S. The van der Waals surface area contributed by atoms with Gasteiger partial charge in [-0.3, -0.25) is 15.1 Å². The summed E-state index contributed by atoms with van der Waals surface area (Å²) in [6.45, 7) is 3.97. The number of nitrogens with one attached hydrogen (secondary N) is 1. The van der Waals surface area contributed by atoms with Crippen molar-refractivity contribution in [2.45, 2.75) is 25.9 Å². The van der Waals surface area contributed by atoms with Gasteiger partial charge in [-0.15, -0.1) is 0 Å². The molecule has 4 aromatic rings. The minimum atomic E-state index is -0.406. The predicted octanol–water partition coefficient (Wildman–Crippen LogP) is 6.24. The number of nitro benzene ring substituents is 1. The van der Waals surface area contributed by atoms with Crippen molar-refractivity contribution in [1.82, 2.24) is 14.9 Å². The molecule has 1 fully saturated rings. The minimum absolute atomic E-state index is 0.0114. The number of pyridine rings is 1. The molecule has 0 saturated carbocycles. The van der Waals surface area contributed by atoms with Crippen LogP contribution in [0.5, 0.6) is 5.75 Å². The summed E-state index contributed by atoms with van der Waals surface area (Å²) >= 11 is 12.0. The zero-order chi connectivity index (χ0) is 26.3. The fraction of sp³-hybridized carbons (Fsp3) is 0.185. The van der Waals surface area contributed by atoms with Crippen LogP contribution < -0.4 is 15.0 Å². The SMILES string of the molecule is COc1ccc([N+](=O)[O-])cc1-n1c(C)cc([C@H]2[C@@H](c3ccccn3)NC(=S)N2c2ccc(Cl)cc2)c1C. The molecule has 0 radical (unpaired) electrons. The molecule has 0 unspecified atom stereocenters. The monoisotopic (exact) mass is 533 g/mol. The number of thiocarbonyl (C=S) groups is 1. The maximum absolute atomic E-state index is 11.5. The first-order chi connectivity index (χ1) is 17.8. The lowest BCUT2D eigenvalue weighted by molar-refractivity contribution is -0.384. The lowest BCUT2D eigenvalue weighted by atomic mass is 9.96. The topological polar surface area (TPSA) is 85.5 Å². The molecule has 5 rings (SSSR count). The molecule has 0 bridgehead atoms. The van der Waals surface area contributed by atoms with E-state index in [1.165, 1.54) is 12.1 Å². The molecule has 0 amide bonds. The molecule has 2 atom stereocenters. The second-order valence-electron chi connectivity index (χ2n) is 8.75. The van der Waals surface area contributed by atoms with E-state index in [1.807, 2.05) is 60.9 Å². The van der Waals surface area contributed by atoms with Gasteiger partial charge in [0.2, 0.25) is 0 Å². The summed E-state index contributed by atoms with van der Waals surface area (Å²) in [6.07, 6.45) is 1.76. The van der Waals surface area contributed by atoms with Crippen LogP contribution in [0.15, 0.2) is 72.9 Å². The first kappa shape index (κ1) is 24.7. The molecule has 8 nitrogen and oxygen atoms in total. The number of halogens is 1. The number of aryl methyl sites for hydroxylation is 1. The number of anilines is 1. The summed E-state index contributed by atoms with van der Waals surface area (Å²) in [4.78, 5) is 17.8. The Balaban J connectivity index is 1.70. The molecule has 2 aromatic carbocycles. The van der Waals surface area contributed by atoms with Gasteiger partial charge in [-0.1, -0.05) is 17.7 Å². The van der Waals surface area contributed by atoms with Crippen LogP contribution in [-0.4, -0.2) is 26.7 Å². The molecule has 1 N–H and O–H groups in total. The van der Waals surface area contributed by atoms with E-state index in [9.17, 15) is 10.1 Å². The van der Waals surface area contributed by atoms with Crippen molar-refractivity contribution in [2.75, 3.05) is 12.0 Å². The molecule has 0 spiro atoms. The van der Waals surface area contributed by atoms with E-state index in [-0.39, 0.29) is 17.8 Å². The van der Waals surface area contributed by atoms with Gasteiger partial charge in [-0.25, -0.2) is 0 Å². The maximum Gasteiger partial charge on any atom is 0.271 e. The van der Waals surface area contributed by atoms with Gasteiger partial charge in [0.15, 0.2) is 5.11 Å². The number of ether oxygens (including phenoxy) is 1. The molecule has 2 aromatic heterocycles. The molecular weight excluding hydrogens is 510 g/mol. The first-order valence-corrected chi connectivity index (χ1v) is 12.4. The Morgan fingerprint density at radius 1 is 1.11 bits per heavy atom. The van der Waals surface area contributed by atoms with Crippen molar-refractivity contribution in [3.8, 4) is 11.4 Å². The average Bonchev–Trinajstić information content (AvgIpc) is 3.39. The number of hydrogen-bond acceptors (Lipinski definition) is 5. The highest BCUT2D eigenvalue weighted by Crippen LogP contribution is 2.44. The molecule has 1 aliphatic heterocycles. The molecule has 10 heteroatoms. The van der Waals surface area contributed by atoms with Crippen molar-refractivity contribution >= 4 is 40.3 Å². The van der Waals surface area contributed by atoms with E-state index in [2.05, 4.69) is 21.3 Å². The number of hydrogen-bond donors (Lipinski definition) is 1. The Morgan fingerprint density at radius 3 is 2.51 bits per heavy atom. The van der Waals surface area contributed by atoms with E-state index >= 15 is 0 Å². The van der Waals surface area contributed by atoms with Crippen molar-refractivity contribution < 1.29 is 9.66 Å². The van der Waals surface area contributed by atoms with Gasteiger partial charge in [0.25, 0.3) is 5.69 Å². The Morgan fingerprint density at radius 2 is 1.86 bits per heavy atom. The van der Waals surface area contributed by atoms with Crippen LogP contribution in [0, 0.1) is 24.0 Å². The highest BCUT2D eigenvalue weighted by atomic mass is 35.5. The summed E-state index contributed by atoms with van der Waals surface area (Å²) in [5.41, 5.74) is 5.14. The van der Waals surface area contributed by atoms with E-state index < -0.39 is 4.92 Å².